The number of pyridine rings is 1. The Kier molecular flexibility index (Phi) is 5.68. The van der Waals surface area contributed by atoms with E-state index in [2.05, 4.69) is 9.88 Å². The number of carbonyl (C=O) groups is 2. The zero-order valence-corrected chi connectivity index (χ0v) is 12.1. The molecule has 1 aliphatic rings. The fourth-order valence-electron chi connectivity index (χ4n) is 2.43. The van der Waals surface area contributed by atoms with Crippen LogP contribution in [0.2, 0.25) is 0 Å². The summed E-state index contributed by atoms with van der Waals surface area (Å²) in [7, 11) is 0. The number of amides is 1. The van der Waals surface area contributed by atoms with Crippen LogP contribution in [0.15, 0.2) is 24.5 Å². The van der Waals surface area contributed by atoms with Gasteiger partial charge in [-0.25, -0.2) is 0 Å². The number of rotatable bonds is 6. The lowest BCUT2D eigenvalue weighted by molar-refractivity contribution is -0.138. The fraction of sp³-hybridized carbons (Fsp3) is 0.533. The van der Waals surface area contributed by atoms with Crippen LogP contribution in [0, 0.1) is 0 Å². The van der Waals surface area contributed by atoms with Crippen molar-refractivity contribution in [1.82, 2.24) is 14.8 Å². The van der Waals surface area contributed by atoms with Gasteiger partial charge in [-0.1, -0.05) is 6.07 Å². The Morgan fingerprint density at radius 1 is 1.19 bits per heavy atom. The number of carboxylic acid groups (broad SMARTS) is 1. The second-order valence-corrected chi connectivity index (χ2v) is 5.23. The topological polar surface area (TPSA) is 73.7 Å². The molecule has 6 nitrogen and oxygen atoms in total. The van der Waals surface area contributed by atoms with E-state index in [0.717, 1.165) is 18.7 Å². The van der Waals surface area contributed by atoms with Crippen LogP contribution in [0.4, 0.5) is 0 Å². The van der Waals surface area contributed by atoms with Crippen LogP contribution in [0.1, 0.15) is 18.4 Å². The Morgan fingerprint density at radius 2 is 1.95 bits per heavy atom. The lowest BCUT2D eigenvalue weighted by atomic mass is 10.1. The maximum atomic E-state index is 12.1. The van der Waals surface area contributed by atoms with E-state index in [-0.39, 0.29) is 12.3 Å². The molecule has 1 aromatic heterocycles. The first-order valence-corrected chi connectivity index (χ1v) is 7.26. The molecule has 1 saturated heterocycles. The molecule has 114 valence electrons. The summed E-state index contributed by atoms with van der Waals surface area (Å²) in [5.41, 5.74) is 1.07. The van der Waals surface area contributed by atoms with E-state index in [1.807, 2.05) is 17.0 Å². The van der Waals surface area contributed by atoms with E-state index in [4.69, 9.17) is 5.11 Å². The van der Waals surface area contributed by atoms with Crippen LogP contribution < -0.4 is 0 Å². The molecular formula is C15H21N3O3. The number of hydrogen-bond donors (Lipinski definition) is 1. The van der Waals surface area contributed by atoms with Crippen LogP contribution in [0.3, 0.4) is 0 Å². The van der Waals surface area contributed by atoms with Crippen molar-refractivity contribution in [3.63, 3.8) is 0 Å². The SMILES string of the molecule is O=C(O)CCN1CCN(C(=O)CCc2cccnc2)CC1. The summed E-state index contributed by atoms with van der Waals surface area (Å²) in [6.07, 6.45) is 4.89. The quantitative estimate of drug-likeness (QED) is 0.832. The van der Waals surface area contributed by atoms with E-state index >= 15 is 0 Å². The molecule has 0 spiro atoms. The molecule has 0 aromatic carbocycles. The summed E-state index contributed by atoms with van der Waals surface area (Å²) in [4.78, 5) is 30.7. The molecule has 1 aliphatic heterocycles. The van der Waals surface area contributed by atoms with Gasteiger partial charge in [0, 0.05) is 51.5 Å². The van der Waals surface area contributed by atoms with Gasteiger partial charge in [0.05, 0.1) is 6.42 Å². The van der Waals surface area contributed by atoms with Gasteiger partial charge < -0.3 is 10.0 Å². The molecule has 0 radical (unpaired) electrons. The lowest BCUT2D eigenvalue weighted by Gasteiger charge is -2.34. The van der Waals surface area contributed by atoms with Gasteiger partial charge in [0.1, 0.15) is 0 Å². The van der Waals surface area contributed by atoms with Gasteiger partial charge in [-0.15, -0.1) is 0 Å². The standard InChI is InChI=1S/C15H21N3O3/c19-14(4-3-13-2-1-6-16-12-13)18-10-8-17(9-11-18)7-5-15(20)21/h1-2,6,12H,3-5,7-11H2,(H,20,21). The van der Waals surface area contributed by atoms with Crippen molar-refractivity contribution in [3.05, 3.63) is 30.1 Å². The fourth-order valence-corrected chi connectivity index (χ4v) is 2.43. The number of aromatic nitrogens is 1. The van der Waals surface area contributed by atoms with Crippen molar-refractivity contribution < 1.29 is 14.7 Å². The third kappa shape index (κ3) is 5.15. The van der Waals surface area contributed by atoms with E-state index in [1.165, 1.54) is 0 Å². The van der Waals surface area contributed by atoms with Crippen molar-refractivity contribution in [2.24, 2.45) is 0 Å². The molecule has 0 atom stereocenters. The molecule has 6 heteroatoms. The van der Waals surface area contributed by atoms with Gasteiger partial charge in [-0.2, -0.15) is 0 Å². The summed E-state index contributed by atoms with van der Waals surface area (Å²) >= 11 is 0. The van der Waals surface area contributed by atoms with Crippen molar-refractivity contribution in [2.75, 3.05) is 32.7 Å². The van der Waals surface area contributed by atoms with Gasteiger partial charge in [0.2, 0.25) is 5.91 Å². The van der Waals surface area contributed by atoms with Crippen LogP contribution in [0.5, 0.6) is 0 Å². The lowest BCUT2D eigenvalue weighted by Crippen LogP contribution is -2.49. The number of nitrogens with zero attached hydrogens (tertiary/aromatic N) is 3. The Bertz CT molecular complexity index is 470. The maximum absolute atomic E-state index is 12.1. The van der Waals surface area contributed by atoms with Gasteiger partial charge >= 0.3 is 5.97 Å². The van der Waals surface area contributed by atoms with E-state index in [9.17, 15) is 9.59 Å². The molecule has 0 saturated carbocycles. The zero-order valence-electron chi connectivity index (χ0n) is 12.1. The van der Waals surface area contributed by atoms with Crippen LogP contribution >= 0.6 is 0 Å². The first-order valence-electron chi connectivity index (χ1n) is 7.26. The number of carboxylic acids is 1. The van der Waals surface area contributed by atoms with E-state index in [0.29, 0.717) is 32.5 Å². The Labute approximate surface area is 124 Å². The summed E-state index contributed by atoms with van der Waals surface area (Å²) < 4.78 is 0. The van der Waals surface area contributed by atoms with E-state index in [1.54, 1.807) is 12.4 Å². The van der Waals surface area contributed by atoms with Gasteiger partial charge in [0.15, 0.2) is 0 Å². The zero-order chi connectivity index (χ0) is 15.1. The average Bonchev–Trinajstić information content (AvgIpc) is 2.52. The highest BCUT2D eigenvalue weighted by molar-refractivity contribution is 5.76. The van der Waals surface area contributed by atoms with E-state index < -0.39 is 5.97 Å². The van der Waals surface area contributed by atoms with Gasteiger partial charge in [-0.05, 0) is 18.1 Å². The molecule has 2 rings (SSSR count). The first-order chi connectivity index (χ1) is 10.1. The predicted octanol–water partition coefficient (Wildman–Crippen LogP) is 0.633. The summed E-state index contributed by atoms with van der Waals surface area (Å²) in [6.45, 7) is 3.45. The van der Waals surface area contributed by atoms with Gasteiger partial charge in [0.25, 0.3) is 0 Å². The maximum Gasteiger partial charge on any atom is 0.304 e. The van der Waals surface area contributed by atoms with Crippen LogP contribution in [0.25, 0.3) is 0 Å². The van der Waals surface area contributed by atoms with Crippen molar-refractivity contribution in [3.8, 4) is 0 Å². The first kappa shape index (κ1) is 15.4. The third-order valence-electron chi connectivity index (χ3n) is 3.72. The Balaban J connectivity index is 1.69. The molecule has 1 fully saturated rings. The van der Waals surface area contributed by atoms with Crippen molar-refractivity contribution in [2.45, 2.75) is 19.3 Å². The second kappa shape index (κ2) is 7.73. The number of piperazine rings is 1. The average molecular weight is 291 g/mol. The monoisotopic (exact) mass is 291 g/mol. The number of carbonyl (C=O) groups excluding carboxylic acids is 1. The number of aryl methyl sites for hydroxylation is 1. The minimum atomic E-state index is -0.773. The second-order valence-electron chi connectivity index (χ2n) is 5.23. The van der Waals surface area contributed by atoms with Gasteiger partial charge in [-0.3, -0.25) is 19.5 Å². The minimum absolute atomic E-state index is 0.162. The molecule has 1 aromatic rings. The largest absolute Gasteiger partial charge is 0.481 e. The van der Waals surface area contributed by atoms with Crippen LogP contribution in [-0.4, -0.2) is 64.5 Å². The smallest absolute Gasteiger partial charge is 0.304 e. The van der Waals surface area contributed by atoms with Crippen LogP contribution in [-0.2, 0) is 16.0 Å². The number of aliphatic carboxylic acids is 1. The Morgan fingerprint density at radius 3 is 2.57 bits per heavy atom. The molecular weight excluding hydrogens is 270 g/mol. The normalized spacial score (nSPS) is 15.9. The molecule has 0 aliphatic carbocycles. The summed E-state index contributed by atoms with van der Waals surface area (Å²) in [5.74, 6) is -0.610. The van der Waals surface area contributed by atoms with Crippen molar-refractivity contribution in [1.29, 1.82) is 0 Å². The summed E-state index contributed by atoms with van der Waals surface area (Å²) in [5, 5.41) is 8.67. The molecule has 21 heavy (non-hydrogen) atoms. The third-order valence-corrected chi connectivity index (χ3v) is 3.72. The highest BCUT2D eigenvalue weighted by Gasteiger charge is 2.20. The van der Waals surface area contributed by atoms with Crippen molar-refractivity contribution >= 4 is 11.9 Å². The minimum Gasteiger partial charge on any atom is -0.481 e. The molecule has 1 N–H and O–H groups in total. The highest BCUT2D eigenvalue weighted by atomic mass is 16.4. The molecule has 0 bridgehead atoms. The predicted molar refractivity (Wildman–Crippen MR) is 77.8 cm³/mol. The highest BCUT2D eigenvalue weighted by Crippen LogP contribution is 2.07. The summed E-state index contributed by atoms with van der Waals surface area (Å²) in [6, 6.07) is 3.85. The molecule has 1 amide bonds. The Hall–Kier alpha value is -1.95. The number of hydrogen-bond acceptors (Lipinski definition) is 4. The molecule has 2 heterocycles. The molecule has 0 unspecified atom stereocenters.